The molecule has 5 rings (SSSR count). The van der Waals surface area contributed by atoms with Crippen molar-refractivity contribution < 1.29 is 13.5 Å². The summed E-state index contributed by atoms with van der Waals surface area (Å²) in [5.41, 5.74) is 5.24. The van der Waals surface area contributed by atoms with Gasteiger partial charge in [-0.05, 0) is 63.1 Å². The standard InChI is InChI=1S/C24H21F2NOS/c1-12-11-24(3,4)27-18-7-6-15-16-9-14(25)10-17(26)22(16)28-23(21(15)20(12)18)19-8-5-13(2)29-19/h5-11,23,27H,1-4H3. The molecule has 3 aromatic rings. The van der Waals surface area contributed by atoms with Crippen molar-refractivity contribution in [3.63, 3.8) is 0 Å². The van der Waals surface area contributed by atoms with Crippen molar-refractivity contribution in [1.29, 1.82) is 0 Å². The van der Waals surface area contributed by atoms with E-state index in [0.717, 1.165) is 43.8 Å². The minimum Gasteiger partial charge on any atom is -0.476 e. The van der Waals surface area contributed by atoms with Gasteiger partial charge in [-0.1, -0.05) is 12.1 Å². The first kappa shape index (κ1) is 18.4. The van der Waals surface area contributed by atoms with E-state index in [4.69, 9.17) is 4.74 Å². The van der Waals surface area contributed by atoms with Gasteiger partial charge >= 0.3 is 0 Å². The molecule has 0 saturated heterocycles. The van der Waals surface area contributed by atoms with Gasteiger partial charge < -0.3 is 10.1 Å². The van der Waals surface area contributed by atoms with E-state index in [1.807, 2.05) is 31.2 Å². The van der Waals surface area contributed by atoms with Crippen LogP contribution in [0.3, 0.4) is 0 Å². The minimum absolute atomic E-state index is 0.112. The third kappa shape index (κ3) is 2.87. The highest BCUT2D eigenvalue weighted by Gasteiger charge is 2.36. The van der Waals surface area contributed by atoms with Crippen molar-refractivity contribution >= 4 is 22.6 Å². The number of hydrogen-bond acceptors (Lipinski definition) is 3. The molecule has 2 aliphatic heterocycles. The Labute approximate surface area is 172 Å². The van der Waals surface area contributed by atoms with Crippen LogP contribution in [0.1, 0.15) is 47.8 Å². The zero-order valence-electron chi connectivity index (χ0n) is 16.7. The van der Waals surface area contributed by atoms with Gasteiger partial charge in [-0.2, -0.15) is 0 Å². The number of aryl methyl sites for hydroxylation is 1. The Kier molecular flexibility index (Phi) is 3.91. The van der Waals surface area contributed by atoms with Crippen molar-refractivity contribution in [3.8, 4) is 16.9 Å². The summed E-state index contributed by atoms with van der Waals surface area (Å²) >= 11 is 1.63. The van der Waals surface area contributed by atoms with Crippen molar-refractivity contribution in [3.05, 3.63) is 75.0 Å². The Bertz CT molecular complexity index is 1190. The fourth-order valence-electron chi connectivity index (χ4n) is 4.50. The molecule has 0 bridgehead atoms. The molecule has 0 amide bonds. The second-order valence-corrected chi connectivity index (χ2v) is 9.65. The fourth-order valence-corrected chi connectivity index (χ4v) is 5.42. The predicted molar refractivity (Wildman–Crippen MR) is 115 cm³/mol. The van der Waals surface area contributed by atoms with Gasteiger partial charge in [-0.3, -0.25) is 0 Å². The maximum absolute atomic E-state index is 14.7. The normalized spacial score (nSPS) is 18.7. The summed E-state index contributed by atoms with van der Waals surface area (Å²) in [5.74, 6) is -1.17. The molecule has 0 aliphatic carbocycles. The van der Waals surface area contributed by atoms with Crippen LogP contribution < -0.4 is 10.1 Å². The number of anilines is 1. The molecule has 2 aromatic carbocycles. The van der Waals surface area contributed by atoms with E-state index >= 15 is 0 Å². The lowest BCUT2D eigenvalue weighted by Gasteiger charge is -2.37. The molecule has 2 aliphatic rings. The lowest BCUT2D eigenvalue weighted by atomic mass is 9.81. The number of thiophene rings is 1. The van der Waals surface area contributed by atoms with Gasteiger partial charge in [-0.25, -0.2) is 8.78 Å². The molecule has 1 aromatic heterocycles. The monoisotopic (exact) mass is 409 g/mol. The zero-order valence-corrected chi connectivity index (χ0v) is 17.5. The molecule has 0 saturated carbocycles. The summed E-state index contributed by atoms with van der Waals surface area (Å²) in [6.45, 7) is 8.36. The molecule has 29 heavy (non-hydrogen) atoms. The third-order valence-corrected chi connectivity index (χ3v) is 6.53. The van der Waals surface area contributed by atoms with Crippen LogP contribution in [0.5, 0.6) is 5.75 Å². The number of rotatable bonds is 1. The van der Waals surface area contributed by atoms with Crippen LogP contribution in [0.2, 0.25) is 0 Å². The van der Waals surface area contributed by atoms with E-state index in [-0.39, 0.29) is 11.3 Å². The molecular weight excluding hydrogens is 388 g/mol. The van der Waals surface area contributed by atoms with E-state index < -0.39 is 17.7 Å². The molecule has 3 heterocycles. The summed E-state index contributed by atoms with van der Waals surface area (Å²) in [7, 11) is 0. The number of allylic oxidation sites excluding steroid dienone is 1. The van der Waals surface area contributed by atoms with Crippen molar-refractivity contribution in [2.75, 3.05) is 5.32 Å². The second-order valence-electron chi connectivity index (χ2n) is 8.33. The van der Waals surface area contributed by atoms with Gasteiger partial charge in [0.15, 0.2) is 17.7 Å². The molecule has 0 radical (unpaired) electrons. The lowest BCUT2D eigenvalue weighted by molar-refractivity contribution is 0.234. The Morgan fingerprint density at radius 3 is 2.55 bits per heavy atom. The highest BCUT2D eigenvalue weighted by molar-refractivity contribution is 7.12. The fraction of sp³-hybridized carbons (Fsp3) is 0.250. The summed E-state index contributed by atoms with van der Waals surface area (Å²) in [6, 6.07) is 10.3. The summed E-state index contributed by atoms with van der Waals surface area (Å²) in [6.07, 6.45) is 1.74. The van der Waals surface area contributed by atoms with Crippen LogP contribution in [0.15, 0.2) is 42.5 Å². The third-order valence-electron chi connectivity index (χ3n) is 5.49. The number of halogens is 2. The van der Waals surface area contributed by atoms with E-state index in [9.17, 15) is 8.78 Å². The molecule has 0 fully saturated rings. The number of nitrogens with one attached hydrogen (secondary N) is 1. The second kappa shape index (κ2) is 6.17. The van der Waals surface area contributed by atoms with Gasteiger partial charge in [-0.15, -0.1) is 11.3 Å². The van der Waals surface area contributed by atoms with Crippen molar-refractivity contribution in [2.24, 2.45) is 0 Å². The van der Waals surface area contributed by atoms with Crippen molar-refractivity contribution in [2.45, 2.75) is 39.3 Å². The first-order valence-electron chi connectivity index (χ1n) is 9.61. The molecule has 5 heteroatoms. The predicted octanol–water partition coefficient (Wildman–Crippen LogP) is 7.09. The Morgan fingerprint density at radius 1 is 1.03 bits per heavy atom. The number of hydrogen-bond donors (Lipinski definition) is 1. The van der Waals surface area contributed by atoms with Gasteiger partial charge in [0.05, 0.1) is 5.54 Å². The van der Waals surface area contributed by atoms with Gasteiger partial charge in [0.25, 0.3) is 0 Å². The van der Waals surface area contributed by atoms with E-state index in [1.54, 1.807) is 11.3 Å². The maximum atomic E-state index is 14.7. The number of fused-ring (bicyclic) bond motifs is 5. The Morgan fingerprint density at radius 2 is 1.83 bits per heavy atom. The maximum Gasteiger partial charge on any atom is 0.168 e. The average molecular weight is 410 g/mol. The lowest BCUT2D eigenvalue weighted by Crippen LogP contribution is -2.32. The van der Waals surface area contributed by atoms with Crippen LogP contribution in [-0.2, 0) is 0 Å². The van der Waals surface area contributed by atoms with Crippen LogP contribution in [0.25, 0.3) is 16.7 Å². The van der Waals surface area contributed by atoms with Gasteiger partial charge in [0.2, 0.25) is 0 Å². The van der Waals surface area contributed by atoms with E-state index in [1.165, 1.54) is 6.07 Å². The molecular formula is C24H21F2NOS. The van der Waals surface area contributed by atoms with Crippen LogP contribution in [0, 0.1) is 18.6 Å². The van der Waals surface area contributed by atoms with Gasteiger partial charge in [0, 0.05) is 38.2 Å². The summed E-state index contributed by atoms with van der Waals surface area (Å²) in [5, 5.41) is 3.56. The SMILES string of the molecule is CC1=CC(C)(C)Nc2ccc3c(c21)C(c1ccc(C)s1)Oc1c(F)cc(F)cc1-3. The molecule has 2 nitrogen and oxygen atoms in total. The summed E-state index contributed by atoms with van der Waals surface area (Å²) < 4.78 is 34.9. The minimum atomic E-state index is -0.673. The van der Waals surface area contributed by atoms with Crippen LogP contribution in [0.4, 0.5) is 14.5 Å². The molecule has 1 atom stereocenters. The topological polar surface area (TPSA) is 21.3 Å². The molecule has 1 unspecified atom stereocenters. The Hall–Kier alpha value is -2.66. The summed E-state index contributed by atoms with van der Waals surface area (Å²) in [4.78, 5) is 2.16. The molecule has 0 spiro atoms. The highest BCUT2D eigenvalue weighted by Crippen LogP contribution is 2.52. The smallest absolute Gasteiger partial charge is 0.168 e. The molecule has 148 valence electrons. The van der Waals surface area contributed by atoms with Crippen molar-refractivity contribution in [1.82, 2.24) is 0 Å². The van der Waals surface area contributed by atoms with Crippen LogP contribution in [-0.4, -0.2) is 5.54 Å². The first-order chi connectivity index (χ1) is 13.7. The number of ether oxygens (including phenoxy) is 1. The zero-order chi connectivity index (χ0) is 20.5. The first-order valence-corrected chi connectivity index (χ1v) is 10.4. The van der Waals surface area contributed by atoms with E-state index in [0.29, 0.717) is 5.56 Å². The average Bonchev–Trinajstić information content (AvgIpc) is 3.05. The number of benzene rings is 2. The van der Waals surface area contributed by atoms with E-state index in [2.05, 4.69) is 32.2 Å². The van der Waals surface area contributed by atoms with Crippen LogP contribution >= 0.6 is 11.3 Å². The molecule has 1 N–H and O–H groups in total. The van der Waals surface area contributed by atoms with Gasteiger partial charge in [0.1, 0.15) is 5.82 Å². The largest absolute Gasteiger partial charge is 0.476 e. The Balaban J connectivity index is 1.84. The highest BCUT2D eigenvalue weighted by atomic mass is 32.1. The quantitative estimate of drug-likeness (QED) is 0.463.